The van der Waals surface area contributed by atoms with Crippen molar-refractivity contribution in [3.63, 3.8) is 0 Å². The van der Waals surface area contributed by atoms with E-state index in [0.717, 1.165) is 25.9 Å². The van der Waals surface area contributed by atoms with Crippen LogP contribution in [-0.4, -0.2) is 56.4 Å². The zero-order chi connectivity index (χ0) is 16.3. The van der Waals surface area contributed by atoms with Crippen LogP contribution in [0.2, 0.25) is 0 Å². The van der Waals surface area contributed by atoms with E-state index in [0.29, 0.717) is 12.6 Å². The zero-order valence-electron chi connectivity index (χ0n) is 14.6. The molecule has 0 aromatic heterocycles. The van der Waals surface area contributed by atoms with Crippen molar-refractivity contribution in [1.82, 2.24) is 10.2 Å². The van der Waals surface area contributed by atoms with Gasteiger partial charge in [-0.05, 0) is 57.5 Å². The fourth-order valence-corrected chi connectivity index (χ4v) is 3.61. The summed E-state index contributed by atoms with van der Waals surface area (Å²) >= 11 is 0. The van der Waals surface area contributed by atoms with E-state index in [9.17, 15) is 5.11 Å². The summed E-state index contributed by atoms with van der Waals surface area (Å²) in [5.41, 5.74) is 2.89. The molecule has 0 amide bonds. The minimum absolute atomic E-state index is 0.175. The van der Waals surface area contributed by atoms with Crippen molar-refractivity contribution in [1.29, 1.82) is 0 Å². The summed E-state index contributed by atoms with van der Waals surface area (Å²) in [5, 5.41) is 13.0. The lowest BCUT2D eigenvalue weighted by atomic mass is 10.0. The molecule has 0 spiro atoms. The molecule has 2 fully saturated rings. The van der Waals surface area contributed by atoms with Gasteiger partial charge in [-0.1, -0.05) is 18.2 Å². The van der Waals surface area contributed by atoms with Gasteiger partial charge in [0, 0.05) is 43.9 Å². The van der Waals surface area contributed by atoms with E-state index in [1.165, 1.54) is 37.2 Å². The van der Waals surface area contributed by atoms with Crippen molar-refractivity contribution in [2.45, 2.75) is 38.3 Å². The van der Waals surface area contributed by atoms with Crippen molar-refractivity contribution in [2.75, 3.05) is 45.2 Å². The van der Waals surface area contributed by atoms with Crippen LogP contribution in [-0.2, 0) is 6.54 Å². The number of likely N-dealkylation sites (tertiary alicyclic amines) is 1. The van der Waals surface area contributed by atoms with Crippen LogP contribution in [0.1, 0.15) is 31.2 Å². The van der Waals surface area contributed by atoms with Crippen LogP contribution in [0, 0.1) is 5.41 Å². The Kier molecular flexibility index (Phi) is 5.24. The van der Waals surface area contributed by atoms with E-state index in [2.05, 4.69) is 53.5 Å². The molecular formula is C19H31N3O. The molecule has 128 valence electrons. The lowest BCUT2D eigenvalue weighted by molar-refractivity contribution is 0.207. The lowest BCUT2D eigenvalue weighted by Crippen LogP contribution is -2.42. The Morgan fingerprint density at radius 2 is 1.96 bits per heavy atom. The number of hydrogen-bond acceptors (Lipinski definition) is 4. The lowest BCUT2D eigenvalue weighted by Gasteiger charge is -2.37. The van der Waals surface area contributed by atoms with Crippen LogP contribution in [0.15, 0.2) is 24.3 Å². The Balaban J connectivity index is 1.60. The van der Waals surface area contributed by atoms with Crippen LogP contribution in [0.5, 0.6) is 0 Å². The van der Waals surface area contributed by atoms with Gasteiger partial charge in [0.15, 0.2) is 0 Å². The molecule has 1 aromatic rings. The summed E-state index contributed by atoms with van der Waals surface area (Å²) < 4.78 is 0. The molecule has 1 saturated heterocycles. The van der Waals surface area contributed by atoms with Crippen molar-refractivity contribution >= 4 is 5.69 Å². The van der Waals surface area contributed by atoms with E-state index in [4.69, 9.17) is 0 Å². The van der Waals surface area contributed by atoms with Crippen molar-refractivity contribution < 1.29 is 5.11 Å². The van der Waals surface area contributed by atoms with Gasteiger partial charge in [0.2, 0.25) is 0 Å². The minimum atomic E-state index is 0.175. The first-order chi connectivity index (χ1) is 11.1. The molecule has 4 nitrogen and oxygen atoms in total. The molecule has 4 heteroatoms. The molecule has 1 aliphatic heterocycles. The van der Waals surface area contributed by atoms with Gasteiger partial charge in [-0.3, -0.25) is 0 Å². The van der Waals surface area contributed by atoms with E-state index < -0.39 is 0 Å². The largest absolute Gasteiger partial charge is 0.396 e. The Morgan fingerprint density at radius 3 is 2.61 bits per heavy atom. The second-order valence-electron chi connectivity index (χ2n) is 7.54. The number of nitrogens with zero attached hydrogens (tertiary/aromatic N) is 2. The number of benzene rings is 1. The molecule has 2 aliphatic rings. The number of piperidine rings is 1. The average Bonchev–Trinajstić information content (AvgIpc) is 3.36. The topological polar surface area (TPSA) is 38.7 Å². The number of rotatable bonds is 7. The molecule has 1 saturated carbocycles. The molecule has 1 aliphatic carbocycles. The number of hydrogen-bond donors (Lipinski definition) is 2. The van der Waals surface area contributed by atoms with Crippen LogP contribution in [0.3, 0.4) is 0 Å². The third-order valence-corrected chi connectivity index (χ3v) is 5.72. The molecular weight excluding hydrogens is 286 g/mol. The smallest absolute Gasteiger partial charge is 0.0499 e. The van der Waals surface area contributed by atoms with E-state index in [1.807, 2.05) is 0 Å². The number of nitrogens with one attached hydrogen (secondary N) is 1. The first-order valence-corrected chi connectivity index (χ1v) is 8.94. The third-order valence-electron chi connectivity index (χ3n) is 5.72. The number of aliphatic hydroxyl groups excluding tert-OH is 1. The summed E-state index contributed by atoms with van der Waals surface area (Å²) in [6, 6.07) is 9.38. The maximum absolute atomic E-state index is 9.44. The monoisotopic (exact) mass is 317 g/mol. The third kappa shape index (κ3) is 4.06. The highest BCUT2D eigenvalue weighted by atomic mass is 16.3. The molecule has 0 unspecified atom stereocenters. The van der Waals surface area contributed by atoms with Crippen molar-refractivity contribution in [3.8, 4) is 0 Å². The van der Waals surface area contributed by atoms with Gasteiger partial charge in [-0.25, -0.2) is 0 Å². The zero-order valence-corrected chi connectivity index (χ0v) is 14.6. The second-order valence-corrected chi connectivity index (χ2v) is 7.54. The van der Waals surface area contributed by atoms with Gasteiger partial charge in [0.25, 0.3) is 0 Å². The predicted octanol–water partition coefficient (Wildman–Crippen LogP) is 2.08. The van der Waals surface area contributed by atoms with Gasteiger partial charge in [-0.15, -0.1) is 0 Å². The number of anilines is 1. The Labute approximate surface area is 140 Å². The summed E-state index contributed by atoms with van der Waals surface area (Å²) in [4.78, 5) is 4.89. The van der Waals surface area contributed by atoms with E-state index >= 15 is 0 Å². The molecule has 1 heterocycles. The van der Waals surface area contributed by atoms with Crippen LogP contribution >= 0.6 is 0 Å². The highest BCUT2D eigenvalue weighted by Gasteiger charge is 2.41. The fraction of sp³-hybridized carbons (Fsp3) is 0.684. The van der Waals surface area contributed by atoms with Gasteiger partial charge in [-0.2, -0.15) is 0 Å². The molecule has 0 bridgehead atoms. The Bertz CT molecular complexity index is 507. The van der Waals surface area contributed by atoms with E-state index in [1.54, 1.807) is 0 Å². The second kappa shape index (κ2) is 7.20. The van der Waals surface area contributed by atoms with Crippen molar-refractivity contribution in [2.24, 2.45) is 5.41 Å². The van der Waals surface area contributed by atoms with Gasteiger partial charge in [0.1, 0.15) is 0 Å². The van der Waals surface area contributed by atoms with Gasteiger partial charge in [0.05, 0.1) is 0 Å². The van der Waals surface area contributed by atoms with Gasteiger partial charge >= 0.3 is 0 Å². The quantitative estimate of drug-likeness (QED) is 0.808. The standard InChI is InChI=1S/C19H31N3O/c1-21-11-7-17(8-12-21)22(2)18-6-4-3-5-16(18)13-20-14-19(15-23)9-10-19/h3-6,17,20,23H,7-15H2,1-2H3. The summed E-state index contributed by atoms with van der Waals surface area (Å²) in [6.45, 7) is 4.50. The van der Waals surface area contributed by atoms with Crippen molar-refractivity contribution in [3.05, 3.63) is 29.8 Å². The number of aliphatic hydroxyl groups is 1. The maximum atomic E-state index is 9.44. The van der Waals surface area contributed by atoms with E-state index in [-0.39, 0.29) is 5.41 Å². The SMILES string of the molecule is CN1CCC(N(C)c2ccccc2CNCC2(CO)CC2)CC1. The maximum Gasteiger partial charge on any atom is 0.0499 e. The Morgan fingerprint density at radius 1 is 1.26 bits per heavy atom. The highest BCUT2D eigenvalue weighted by Crippen LogP contribution is 2.44. The molecule has 1 aromatic carbocycles. The van der Waals surface area contributed by atoms with Crippen LogP contribution in [0.4, 0.5) is 5.69 Å². The highest BCUT2D eigenvalue weighted by molar-refractivity contribution is 5.54. The predicted molar refractivity (Wildman–Crippen MR) is 95.8 cm³/mol. The first-order valence-electron chi connectivity index (χ1n) is 8.94. The first kappa shape index (κ1) is 16.7. The molecule has 3 rings (SSSR count). The molecule has 0 radical (unpaired) electrons. The van der Waals surface area contributed by atoms with Crippen LogP contribution < -0.4 is 10.2 Å². The minimum Gasteiger partial charge on any atom is -0.396 e. The normalized spacial score (nSPS) is 21.3. The molecule has 0 atom stereocenters. The van der Waals surface area contributed by atoms with Gasteiger partial charge < -0.3 is 20.2 Å². The summed E-state index contributed by atoms with van der Waals surface area (Å²) in [6.07, 6.45) is 4.80. The number of para-hydroxylation sites is 1. The molecule has 23 heavy (non-hydrogen) atoms. The fourth-order valence-electron chi connectivity index (χ4n) is 3.61. The Hall–Kier alpha value is -1.10. The molecule has 2 N–H and O–H groups in total. The average molecular weight is 317 g/mol. The summed E-state index contributed by atoms with van der Waals surface area (Å²) in [7, 11) is 4.45. The van der Waals surface area contributed by atoms with Crippen LogP contribution in [0.25, 0.3) is 0 Å². The summed E-state index contributed by atoms with van der Waals surface area (Å²) in [5.74, 6) is 0.